The largest absolute Gasteiger partial charge is 0.347 e. The van der Waals surface area contributed by atoms with Crippen LogP contribution in [0.5, 0.6) is 0 Å². The van der Waals surface area contributed by atoms with Crippen LogP contribution in [0, 0.1) is 0 Å². The highest BCUT2D eigenvalue weighted by Crippen LogP contribution is 2.08. The third-order valence-electron chi connectivity index (χ3n) is 3.43. The monoisotopic (exact) mass is 326 g/mol. The van der Waals surface area contributed by atoms with Crippen LogP contribution in [0.2, 0.25) is 5.02 Å². The number of quaternary nitrogens is 1. The number of rotatable bonds is 8. The van der Waals surface area contributed by atoms with Gasteiger partial charge in [-0.05, 0) is 31.5 Å². The van der Waals surface area contributed by atoms with Crippen LogP contribution in [-0.4, -0.2) is 49.9 Å². The smallest absolute Gasteiger partial charge is 0.277 e. The molecule has 1 rings (SSSR count). The molecule has 0 aromatic heterocycles. The van der Waals surface area contributed by atoms with Gasteiger partial charge in [0, 0.05) is 24.7 Å². The lowest BCUT2D eigenvalue weighted by Gasteiger charge is -2.20. The van der Waals surface area contributed by atoms with Crippen LogP contribution in [0.4, 0.5) is 0 Å². The maximum absolute atomic E-state index is 12.0. The molecule has 5 nitrogen and oxygen atoms in total. The van der Waals surface area contributed by atoms with Crippen molar-refractivity contribution in [1.29, 1.82) is 0 Å². The van der Waals surface area contributed by atoms with Gasteiger partial charge in [0.25, 0.3) is 11.8 Å². The van der Waals surface area contributed by atoms with E-state index in [9.17, 15) is 9.59 Å². The summed E-state index contributed by atoms with van der Waals surface area (Å²) < 4.78 is 0. The van der Waals surface area contributed by atoms with Gasteiger partial charge in [-0.25, -0.2) is 0 Å². The Morgan fingerprint density at radius 2 is 1.73 bits per heavy atom. The summed E-state index contributed by atoms with van der Waals surface area (Å²) in [6.45, 7) is 6.38. The average molecular weight is 327 g/mol. The fourth-order valence-electron chi connectivity index (χ4n) is 2.15. The van der Waals surface area contributed by atoms with Gasteiger partial charge in [0.15, 0.2) is 13.1 Å². The van der Waals surface area contributed by atoms with Gasteiger partial charge in [-0.2, -0.15) is 0 Å². The Morgan fingerprint density at radius 3 is 2.27 bits per heavy atom. The minimum atomic E-state index is -0.0696. The number of hydrogen-bond donors (Lipinski definition) is 2. The Balaban J connectivity index is 2.34. The number of carbonyl (C=O) groups is 2. The van der Waals surface area contributed by atoms with E-state index < -0.39 is 0 Å². The van der Waals surface area contributed by atoms with Gasteiger partial charge in [0.05, 0.1) is 7.05 Å². The molecule has 122 valence electrons. The Bertz CT molecular complexity index is 487. The molecule has 1 aromatic carbocycles. The molecule has 0 bridgehead atoms. The summed E-state index contributed by atoms with van der Waals surface area (Å²) in [6.07, 6.45) is 0. The number of halogens is 1. The highest BCUT2D eigenvalue weighted by Gasteiger charge is 2.17. The van der Waals surface area contributed by atoms with Crippen LogP contribution in [-0.2, 0) is 16.1 Å². The minimum Gasteiger partial charge on any atom is -0.347 e. The first kappa shape index (κ1) is 18.5. The molecule has 0 saturated carbocycles. The van der Waals surface area contributed by atoms with Crippen molar-refractivity contribution in [3.8, 4) is 0 Å². The molecular formula is C16H25ClN3O2+. The Morgan fingerprint density at radius 1 is 1.14 bits per heavy atom. The van der Waals surface area contributed by atoms with Crippen molar-refractivity contribution in [3.63, 3.8) is 0 Å². The van der Waals surface area contributed by atoms with Gasteiger partial charge in [0.2, 0.25) is 0 Å². The molecular weight excluding hydrogens is 302 g/mol. The SMILES string of the molecule is CCN(CC)C(=O)C[NH+](C)CC(=O)NCc1ccc(Cl)cc1. The molecule has 2 N–H and O–H groups in total. The van der Waals surface area contributed by atoms with Crippen LogP contribution in [0.3, 0.4) is 0 Å². The van der Waals surface area contributed by atoms with Gasteiger partial charge in [0.1, 0.15) is 0 Å². The summed E-state index contributed by atoms with van der Waals surface area (Å²) in [7, 11) is 1.85. The van der Waals surface area contributed by atoms with Crippen molar-refractivity contribution < 1.29 is 14.5 Å². The molecule has 0 heterocycles. The van der Waals surface area contributed by atoms with Crippen molar-refractivity contribution in [1.82, 2.24) is 10.2 Å². The van der Waals surface area contributed by atoms with E-state index in [1.54, 1.807) is 17.0 Å². The molecule has 1 atom stereocenters. The fraction of sp³-hybridized carbons (Fsp3) is 0.500. The van der Waals surface area contributed by atoms with Crippen molar-refractivity contribution >= 4 is 23.4 Å². The number of hydrogen-bond acceptors (Lipinski definition) is 2. The summed E-state index contributed by atoms with van der Waals surface area (Å²) in [6, 6.07) is 7.35. The molecule has 0 fully saturated rings. The van der Waals surface area contributed by atoms with Crippen LogP contribution in [0.15, 0.2) is 24.3 Å². The Hall–Kier alpha value is -1.59. The second kappa shape index (κ2) is 9.43. The van der Waals surface area contributed by atoms with Crippen LogP contribution in [0.1, 0.15) is 19.4 Å². The summed E-state index contributed by atoms with van der Waals surface area (Å²) >= 11 is 5.81. The maximum atomic E-state index is 12.0. The van der Waals surface area contributed by atoms with Gasteiger partial charge in [-0.3, -0.25) is 9.59 Å². The zero-order chi connectivity index (χ0) is 16.5. The predicted octanol–water partition coefficient (Wildman–Crippen LogP) is 0.339. The van der Waals surface area contributed by atoms with Crippen LogP contribution >= 0.6 is 11.6 Å². The zero-order valence-electron chi connectivity index (χ0n) is 13.5. The molecule has 6 heteroatoms. The first-order valence-electron chi connectivity index (χ1n) is 7.56. The summed E-state index contributed by atoms with van der Waals surface area (Å²) in [5, 5.41) is 3.53. The van der Waals surface area contributed by atoms with Gasteiger partial charge >= 0.3 is 0 Å². The molecule has 22 heavy (non-hydrogen) atoms. The van der Waals surface area contributed by atoms with Crippen LogP contribution in [0.25, 0.3) is 0 Å². The summed E-state index contributed by atoms with van der Waals surface area (Å²) in [4.78, 5) is 26.5. The molecule has 0 aliphatic rings. The van der Waals surface area contributed by atoms with E-state index >= 15 is 0 Å². The van der Waals surface area contributed by atoms with Crippen molar-refractivity contribution in [2.24, 2.45) is 0 Å². The Kier molecular flexibility index (Phi) is 7.91. The molecule has 0 saturated heterocycles. The number of amides is 2. The van der Waals surface area contributed by atoms with E-state index in [4.69, 9.17) is 11.6 Å². The second-order valence-corrected chi connectivity index (χ2v) is 5.72. The van der Waals surface area contributed by atoms with E-state index in [2.05, 4.69) is 5.32 Å². The predicted molar refractivity (Wildman–Crippen MR) is 87.8 cm³/mol. The summed E-state index contributed by atoms with van der Waals surface area (Å²) in [5.41, 5.74) is 0.995. The number of carbonyl (C=O) groups excluding carboxylic acids is 2. The molecule has 2 amide bonds. The molecule has 0 radical (unpaired) electrons. The van der Waals surface area contributed by atoms with E-state index in [0.717, 1.165) is 10.5 Å². The molecule has 0 spiro atoms. The topological polar surface area (TPSA) is 53.9 Å². The van der Waals surface area contributed by atoms with Crippen molar-refractivity contribution in [2.75, 3.05) is 33.2 Å². The molecule has 1 aromatic rings. The molecule has 0 aliphatic heterocycles. The first-order chi connectivity index (χ1) is 10.5. The van der Waals surface area contributed by atoms with Gasteiger partial charge in [-0.15, -0.1) is 0 Å². The van der Waals surface area contributed by atoms with Crippen molar-refractivity contribution in [2.45, 2.75) is 20.4 Å². The standard InChI is InChI=1S/C16H24ClN3O2/c1-4-20(5-2)16(22)12-19(3)11-15(21)18-10-13-6-8-14(17)9-7-13/h6-9H,4-5,10-12H2,1-3H3,(H,18,21)/p+1. The van der Waals surface area contributed by atoms with Crippen LogP contribution < -0.4 is 10.2 Å². The lowest BCUT2D eigenvalue weighted by Crippen LogP contribution is -3.11. The molecule has 1 unspecified atom stereocenters. The van der Waals surface area contributed by atoms with E-state index in [1.165, 1.54) is 0 Å². The fourth-order valence-corrected chi connectivity index (χ4v) is 2.27. The second-order valence-electron chi connectivity index (χ2n) is 5.28. The number of nitrogens with one attached hydrogen (secondary N) is 2. The lowest BCUT2D eigenvalue weighted by molar-refractivity contribution is -0.863. The Labute approximate surface area is 137 Å². The summed E-state index contributed by atoms with van der Waals surface area (Å²) in [5.74, 6) is 0.00722. The van der Waals surface area contributed by atoms with E-state index in [-0.39, 0.29) is 18.4 Å². The van der Waals surface area contributed by atoms with Gasteiger partial charge in [-0.1, -0.05) is 23.7 Å². The maximum Gasteiger partial charge on any atom is 0.277 e. The number of benzene rings is 1. The van der Waals surface area contributed by atoms with Crippen molar-refractivity contribution in [3.05, 3.63) is 34.9 Å². The minimum absolute atomic E-state index is 0.0696. The van der Waals surface area contributed by atoms with E-state index in [1.807, 2.05) is 33.0 Å². The highest BCUT2D eigenvalue weighted by atomic mass is 35.5. The number of likely N-dealkylation sites (N-methyl/N-ethyl adjacent to an activating group) is 2. The highest BCUT2D eigenvalue weighted by molar-refractivity contribution is 6.30. The average Bonchev–Trinajstić information content (AvgIpc) is 2.47. The lowest BCUT2D eigenvalue weighted by atomic mass is 10.2. The van der Waals surface area contributed by atoms with Gasteiger partial charge < -0.3 is 15.1 Å². The first-order valence-corrected chi connectivity index (χ1v) is 7.94. The normalized spacial score (nSPS) is 11.8. The quantitative estimate of drug-likeness (QED) is 0.724. The number of nitrogens with zero attached hydrogens (tertiary/aromatic N) is 1. The third kappa shape index (κ3) is 6.45. The zero-order valence-corrected chi connectivity index (χ0v) is 14.2. The third-order valence-corrected chi connectivity index (χ3v) is 3.69. The van der Waals surface area contributed by atoms with E-state index in [0.29, 0.717) is 31.2 Å². The molecule has 0 aliphatic carbocycles.